The van der Waals surface area contributed by atoms with E-state index >= 15 is 0 Å². The van der Waals surface area contributed by atoms with Gasteiger partial charge in [-0.1, -0.05) is 0 Å². The van der Waals surface area contributed by atoms with Crippen molar-refractivity contribution in [2.75, 3.05) is 19.1 Å². The van der Waals surface area contributed by atoms with Gasteiger partial charge < -0.3 is 9.64 Å². The number of nitrogens with zero attached hydrogens (tertiary/aromatic N) is 2. The van der Waals surface area contributed by atoms with Gasteiger partial charge in [-0.25, -0.2) is 9.78 Å². The Kier molecular flexibility index (Phi) is 4.14. The summed E-state index contributed by atoms with van der Waals surface area (Å²) >= 11 is 0. The van der Waals surface area contributed by atoms with E-state index in [0.29, 0.717) is 30.0 Å². The van der Waals surface area contributed by atoms with Crippen LogP contribution in [0.2, 0.25) is 0 Å². The van der Waals surface area contributed by atoms with Crippen molar-refractivity contribution in [3.05, 3.63) is 23.9 Å². The van der Waals surface area contributed by atoms with Crippen LogP contribution in [0, 0.1) is 0 Å². The van der Waals surface area contributed by atoms with Crippen molar-refractivity contribution in [3.8, 4) is 0 Å². The maximum absolute atomic E-state index is 11.7. The molecule has 0 aromatic carbocycles. The minimum absolute atomic E-state index is 0.246. The second kappa shape index (κ2) is 5.82. The Morgan fingerprint density at radius 3 is 2.74 bits per heavy atom. The topological polar surface area (TPSA) is 59.5 Å². The molecule has 1 fully saturated rings. The molecule has 0 amide bonds. The molecule has 0 aliphatic heterocycles. The molecule has 102 valence electrons. The standard InChI is InChI=1S/C14H18N2O3/c1-16(10-5-7-11(17)8-6-10)13-12(14(18)19-2)4-3-9-15-13/h3-4,9-10H,5-8H2,1-2H3. The fourth-order valence-corrected chi connectivity index (χ4v) is 2.43. The highest BCUT2D eigenvalue weighted by molar-refractivity contribution is 5.94. The molecule has 0 spiro atoms. The molecule has 1 aromatic heterocycles. The molecule has 0 radical (unpaired) electrons. The minimum Gasteiger partial charge on any atom is -0.465 e. The number of ether oxygens (including phenoxy) is 1. The number of esters is 1. The highest BCUT2D eigenvalue weighted by Crippen LogP contribution is 2.25. The Morgan fingerprint density at radius 1 is 1.42 bits per heavy atom. The highest BCUT2D eigenvalue weighted by Gasteiger charge is 2.25. The predicted molar refractivity (Wildman–Crippen MR) is 71.2 cm³/mol. The van der Waals surface area contributed by atoms with Gasteiger partial charge in [-0.3, -0.25) is 4.79 Å². The van der Waals surface area contributed by atoms with Gasteiger partial charge in [0.05, 0.1) is 7.11 Å². The van der Waals surface area contributed by atoms with Gasteiger partial charge in [0.1, 0.15) is 17.2 Å². The first-order valence-electron chi connectivity index (χ1n) is 6.41. The molecule has 1 aromatic rings. The maximum Gasteiger partial charge on any atom is 0.341 e. The molecule has 0 unspecified atom stereocenters. The first-order valence-corrected chi connectivity index (χ1v) is 6.41. The van der Waals surface area contributed by atoms with Gasteiger partial charge in [0.15, 0.2) is 0 Å². The molecule has 1 aliphatic rings. The zero-order chi connectivity index (χ0) is 13.8. The predicted octanol–water partition coefficient (Wildman–Crippen LogP) is 1.82. The molecule has 0 bridgehead atoms. The molecule has 0 saturated heterocycles. The van der Waals surface area contributed by atoms with Crippen molar-refractivity contribution in [2.45, 2.75) is 31.7 Å². The number of methoxy groups -OCH3 is 1. The van der Waals surface area contributed by atoms with E-state index < -0.39 is 0 Å². The van der Waals surface area contributed by atoms with Crippen molar-refractivity contribution >= 4 is 17.6 Å². The SMILES string of the molecule is COC(=O)c1cccnc1N(C)C1CCC(=O)CC1. The van der Waals surface area contributed by atoms with Crippen molar-refractivity contribution in [1.29, 1.82) is 0 Å². The lowest BCUT2D eigenvalue weighted by Gasteiger charge is -2.32. The number of rotatable bonds is 3. The lowest BCUT2D eigenvalue weighted by atomic mass is 9.93. The number of carbonyl (C=O) groups is 2. The number of ketones is 1. The second-order valence-electron chi connectivity index (χ2n) is 4.75. The number of hydrogen-bond acceptors (Lipinski definition) is 5. The summed E-state index contributed by atoms with van der Waals surface area (Å²) < 4.78 is 4.77. The summed E-state index contributed by atoms with van der Waals surface area (Å²) in [6.45, 7) is 0. The van der Waals surface area contributed by atoms with Gasteiger partial charge in [0, 0.05) is 32.1 Å². The molecule has 1 aliphatic carbocycles. The van der Waals surface area contributed by atoms with Gasteiger partial charge in [-0.05, 0) is 25.0 Å². The van der Waals surface area contributed by atoms with E-state index in [2.05, 4.69) is 4.98 Å². The zero-order valence-electron chi connectivity index (χ0n) is 11.3. The number of anilines is 1. The van der Waals surface area contributed by atoms with Crippen molar-refractivity contribution in [2.24, 2.45) is 0 Å². The quantitative estimate of drug-likeness (QED) is 0.778. The van der Waals surface area contributed by atoms with Crippen LogP contribution in [0.3, 0.4) is 0 Å². The Hall–Kier alpha value is -1.91. The Balaban J connectivity index is 2.21. The summed E-state index contributed by atoms with van der Waals surface area (Å²) in [6.07, 6.45) is 4.50. The smallest absolute Gasteiger partial charge is 0.341 e. The van der Waals surface area contributed by atoms with Gasteiger partial charge in [-0.2, -0.15) is 0 Å². The summed E-state index contributed by atoms with van der Waals surface area (Å²) in [7, 11) is 3.27. The van der Waals surface area contributed by atoms with E-state index in [1.165, 1.54) is 7.11 Å². The van der Waals surface area contributed by atoms with E-state index in [-0.39, 0.29) is 12.0 Å². The minimum atomic E-state index is -0.387. The number of pyridine rings is 1. The number of Topliss-reactive ketones (excluding diaryl/α,β-unsaturated/α-hetero) is 1. The van der Waals surface area contributed by atoms with E-state index in [1.54, 1.807) is 18.3 Å². The molecule has 5 heteroatoms. The van der Waals surface area contributed by atoms with Crippen molar-refractivity contribution in [3.63, 3.8) is 0 Å². The van der Waals surface area contributed by atoms with Crippen LogP contribution in [0.25, 0.3) is 0 Å². The average Bonchev–Trinajstić information content (AvgIpc) is 2.46. The monoisotopic (exact) mass is 262 g/mol. The van der Waals surface area contributed by atoms with E-state index in [0.717, 1.165) is 12.8 Å². The third kappa shape index (κ3) is 2.92. The van der Waals surface area contributed by atoms with Crippen LogP contribution in [0.4, 0.5) is 5.82 Å². The van der Waals surface area contributed by atoms with Crippen molar-refractivity contribution < 1.29 is 14.3 Å². The molecular formula is C14H18N2O3. The number of aromatic nitrogens is 1. The molecular weight excluding hydrogens is 244 g/mol. The van der Waals surface area contributed by atoms with Gasteiger partial charge in [0.25, 0.3) is 0 Å². The normalized spacial score (nSPS) is 16.2. The summed E-state index contributed by atoms with van der Waals surface area (Å²) in [5.41, 5.74) is 0.462. The van der Waals surface area contributed by atoms with Crippen LogP contribution < -0.4 is 4.90 Å². The molecule has 0 atom stereocenters. The van der Waals surface area contributed by atoms with E-state index in [9.17, 15) is 9.59 Å². The number of hydrogen-bond donors (Lipinski definition) is 0. The largest absolute Gasteiger partial charge is 0.465 e. The molecule has 0 N–H and O–H groups in total. The van der Waals surface area contributed by atoms with Gasteiger partial charge in [0.2, 0.25) is 0 Å². The van der Waals surface area contributed by atoms with Crippen LogP contribution >= 0.6 is 0 Å². The molecule has 19 heavy (non-hydrogen) atoms. The van der Waals surface area contributed by atoms with Crippen LogP contribution in [0.5, 0.6) is 0 Å². The van der Waals surface area contributed by atoms with Crippen LogP contribution in [0.1, 0.15) is 36.0 Å². The fourth-order valence-electron chi connectivity index (χ4n) is 2.43. The van der Waals surface area contributed by atoms with Crippen LogP contribution in [-0.4, -0.2) is 36.9 Å². The summed E-state index contributed by atoms with van der Waals surface area (Å²) in [6, 6.07) is 3.67. The lowest BCUT2D eigenvalue weighted by molar-refractivity contribution is -0.120. The highest BCUT2D eigenvalue weighted by atomic mass is 16.5. The Labute approximate surface area is 112 Å². The maximum atomic E-state index is 11.7. The third-order valence-corrected chi connectivity index (χ3v) is 3.59. The van der Waals surface area contributed by atoms with Crippen molar-refractivity contribution in [1.82, 2.24) is 4.98 Å². The van der Waals surface area contributed by atoms with E-state index in [1.807, 2.05) is 11.9 Å². The second-order valence-corrected chi connectivity index (χ2v) is 4.75. The Morgan fingerprint density at radius 2 is 2.11 bits per heavy atom. The third-order valence-electron chi connectivity index (χ3n) is 3.59. The summed E-state index contributed by atoms with van der Waals surface area (Å²) in [5, 5.41) is 0. The zero-order valence-corrected chi connectivity index (χ0v) is 11.3. The van der Waals surface area contributed by atoms with Gasteiger partial charge in [-0.15, -0.1) is 0 Å². The Bertz CT molecular complexity index is 477. The summed E-state index contributed by atoms with van der Waals surface area (Å²) in [5.74, 6) is 0.550. The first kappa shape index (κ1) is 13.5. The fraction of sp³-hybridized carbons (Fsp3) is 0.500. The molecule has 1 heterocycles. The number of carbonyl (C=O) groups excluding carboxylic acids is 2. The molecule has 5 nitrogen and oxygen atoms in total. The van der Waals surface area contributed by atoms with Crippen LogP contribution in [0.15, 0.2) is 18.3 Å². The first-order chi connectivity index (χ1) is 9.13. The van der Waals surface area contributed by atoms with Crippen LogP contribution in [-0.2, 0) is 9.53 Å². The van der Waals surface area contributed by atoms with Gasteiger partial charge >= 0.3 is 5.97 Å². The lowest BCUT2D eigenvalue weighted by Crippen LogP contribution is -2.36. The molecule has 1 saturated carbocycles. The average molecular weight is 262 g/mol. The molecule has 2 rings (SSSR count). The van der Waals surface area contributed by atoms with E-state index in [4.69, 9.17) is 4.74 Å². The summed E-state index contributed by atoms with van der Waals surface area (Å²) in [4.78, 5) is 29.3.